The smallest absolute Gasteiger partial charge is 0.237 e. The fourth-order valence-electron chi connectivity index (χ4n) is 3.70. The van der Waals surface area contributed by atoms with Crippen molar-refractivity contribution in [1.82, 2.24) is 15.1 Å². The molecule has 0 radical (unpaired) electrons. The Morgan fingerprint density at radius 1 is 1.35 bits per heavy atom. The van der Waals surface area contributed by atoms with E-state index in [-0.39, 0.29) is 11.9 Å². The number of likely N-dealkylation sites (tertiary alicyclic amines) is 1. The minimum absolute atomic E-state index is 0.0666. The maximum absolute atomic E-state index is 12.7. The Balaban J connectivity index is 1.52. The Bertz CT molecular complexity index is 686. The Hall–Kier alpha value is -1.85. The van der Waals surface area contributed by atoms with Crippen molar-refractivity contribution < 1.29 is 9.21 Å². The van der Waals surface area contributed by atoms with Gasteiger partial charge in [0.05, 0.1) is 12.6 Å². The summed E-state index contributed by atoms with van der Waals surface area (Å²) in [4.78, 5) is 16.8. The third-order valence-corrected chi connectivity index (χ3v) is 5.70. The normalized spacial score (nSPS) is 17.5. The first-order valence-electron chi connectivity index (χ1n) is 9.69. The molecule has 3 rings (SSSR count). The van der Waals surface area contributed by atoms with Crippen molar-refractivity contribution in [2.75, 3.05) is 40.3 Å². The van der Waals surface area contributed by atoms with Crippen LogP contribution in [0.15, 0.2) is 34.7 Å². The molecule has 1 N–H and O–H groups in total. The molecule has 2 heterocycles. The van der Waals surface area contributed by atoms with Gasteiger partial charge in [-0.25, -0.2) is 0 Å². The number of para-hydroxylation sites is 1. The predicted molar refractivity (Wildman–Crippen MR) is 105 cm³/mol. The predicted octanol–water partition coefficient (Wildman–Crippen LogP) is 3.27. The summed E-state index contributed by atoms with van der Waals surface area (Å²) >= 11 is 0. The topological polar surface area (TPSA) is 48.7 Å². The Kier molecular flexibility index (Phi) is 6.33. The van der Waals surface area contributed by atoms with Crippen molar-refractivity contribution in [2.24, 2.45) is 5.92 Å². The molecule has 0 spiro atoms. The number of furan rings is 1. The first-order chi connectivity index (χ1) is 12.6. The first kappa shape index (κ1) is 18.9. The van der Waals surface area contributed by atoms with Gasteiger partial charge < -0.3 is 14.6 Å². The van der Waals surface area contributed by atoms with Gasteiger partial charge in [-0.1, -0.05) is 18.2 Å². The van der Waals surface area contributed by atoms with Gasteiger partial charge >= 0.3 is 0 Å². The van der Waals surface area contributed by atoms with Gasteiger partial charge in [-0.2, -0.15) is 0 Å². The number of likely N-dealkylation sites (N-methyl/N-ethyl adjacent to an activating group) is 1. The summed E-state index contributed by atoms with van der Waals surface area (Å²) in [6.45, 7) is 5.65. The number of nitrogens with one attached hydrogen (secondary N) is 1. The van der Waals surface area contributed by atoms with Gasteiger partial charge in [0.2, 0.25) is 5.91 Å². The van der Waals surface area contributed by atoms with Gasteiger partial charge in [0, 0.05) is 12.4 Å². The Morgan fingerprint density at radius 3 is 2.77 bits per heavy atom. The van der Waals surface area contributed by atoms with Crippen LogP contribution in [-0.2, 0) is 4.79 Å². The van der Waals surface area contributed by atoms with E-state index in [0.717, 1.165) is 42.3 Å². The number of carbonyl (C=O) groups excluding carboxylic acids is 1. The van der Waals surface area contributed by atoms with Gasteiger partial charge in [-0.05, 0) is 70.9 Å². The Morgan fingerprint density at radius 2 is 2.08 bits per heavy atom. The van der Waals surface area contributed by atoms with Crippen LogP contribution in [0.1, 0.15) is 38.0 Å². The molecule has 2 aromatic rings. The molecular formula is C21H31N3O2. The number of fused-ring (bicyclic) bond motifs is 1. The van der Waals surface area contributed by atoms with E-state index in [4.69, 9.17) is 4.42 Å². The van der Waals surface area contributed by atoms with Crippen molar-refractivity contribution in [2.45, 2.75) is 32.2 Å². The fraction of sp³-hybridized carbons (Fsp3) is 0.571. The van der Waals surface area contributed by atoms with Crippen molar-refractivity contribution in [1.29, 1.82) is 0 Å². The zero-order valence-corrected chi connectivity index (χ0v) is 16.2. The summed E-state index contributed by atoms with van der Waals surface area (Å²) in [6, 6.07) is 9.94. The van der Waals surface area contributed by atoms with Gasteiger partial charge in [-0.3, -0.25) is 9.69 Å². The highest BCUT2D eigenvalue weighted by Gasteiger charge is 2.25. The summed E-state index contributed by atoms with van der Waals surface area (Å²) in [5, 5.41) is 4.31. The lowest BCUT2D eigenvalue weighted by Crippen LogP contribution is -2.43. The lowest BCUT2D eigenvalue weighted by molar-refractivity contribution is -0.133. The molecule has 142 valence electrons. The molecule has 1 unspecified atom stereocenters. The van der Waals surface area contributed by atoms with Gasteiger partial charge in [0.1, 0.15) is 11.3 Å². The third-order valence-electron chi connectivity index (χ3n) is 5.70. The number of amides is 1. The van der Waals surface area contributed by atoms with Crippen LogP contribution >= 0.6 is 0 Å². The van der Waals surface area contributed by atoms with Crippen LogP contribution in [0.5, 0.6) is 0 Å². The first-order valence-corrected chi connectivity index (χ1v) is 9.69. The van der Waals surface area contributed by atoms with E-state index in [1.165, 1.54) is 19.3 Å². The van der Waals surface area contributed by atoms with E-state index >= 15 is 0 Å². The monoisotopic (exact) mass is 357 g/mol. The van der Waals surface area contributed by atoms with Crippen molar-refractivity contribution in [3.63, 3.8) is 0 Å². The summed E-state index contributed by atoms with van der Waals surface area (Å²) in [7, 11) is 3.88. The highest BCUT2D eigenvalue weighted by atomic mass is 16.3. The molecule has 1 amide bonds. The van der Waals surface area contributed by atoms with Gasteiger partial charge in [-0.15, -0.1) is 0 Å². The number of piperidine rings is 1. The van der Waals surface area contributed by atoms with Crippen LogP contribution in [0.25, 0.3) is 11.0 Å². The number of carbonyl (C=O) groups is 1. The van der Waals surface area contributed by atoms with Crippen molar-refractivity contribution in [3.05, 3.63) is 36.1 Å². The van der Waals surface area contributed by atoms with E-state index in [0.29, 0.717) is 6.54 Å². The molecular weight excluding hydrogens is 326 g/mol. The Labute approximate surface area is 156 Å². The second-order valence-corrected chi connectivity index (χ2v) is 7.48. The average Bonchev–Trinajstić information content (AvgIpc) is 3.10. The molecule has 1 aromatic carbocycles. The molecule has 0 saturated carbocycles. The van der Waals surface area contributed by atoms with Crippen molar-refractivity contribution >= 4 is 16.9 Å². The van der Waals surface area contributed by atoms with E-state index in [1.54, 1.807) is 0 Å². The molecule has 0 bridgehead atoms. The molecule has 1 aliphatic heterocycles. The van der Waals surface area contributed by atoms with Crippen LogP contribution in [0.4, 0.5) is 0 Å². The zero-order valence-electron chi connectivity index (χ0n) is 16.2. The third kappa shape index (κ3) is 4.46. The average molecular weight is 357 g/mol. The lowest BCUT2D eigenvalue weighted by atomic mass is 9.93. The molecule has 5 heteroatoms. The van der Waals surface area contributed by atoms with E-state index < -0.39 is 0 Å². The summed E-state index contributed by atoms with van der Waals surface area (Å²) in [6.07, 6.45) is 3.62. The highest BCUT2D eigenvalue weighted by molar-refractivity contribution is 5.80. The van der Waals surface area contributed by atoms with Gasteiger partial charge in [0.25, 0.3) is 0 Å². The minimum Gasteiger partial charge on any atom is -0.459 e. The molecule has 5 nitrogen and oxygen atoms in total. The molecule has 1 aromatic heterocycles. The minimum atomic E-state index is -0.0666. The van der Waals surface area contributed by atoms with Crippen LogP contribution in [0.2, 0.25) is 0 Å². The SMILES string of the molecule is CNCCC1CCN(CC(=O)N(C)C(C)c2cc3ccccc3o2)CC1. The second kappa shape index (κ2) is 8.69. The van der Waals surface area contributed by atoms with E-state index in [9.17, 15) is 4.79 Å². The number of rotatable bonds is 7. The summed E-state index contributed by atoms with van der Waals surface area (Å²) in [5.41, 5.74) is 0.874. The number of nitrogens with zero attached hydrogens (tertiary/aromatic N) is 2. The highest BCUT2D eigenvalue weighted by Crippen LogP contribution is 2.27. The summed E-state index contributed by atoms with van der Waals surface area (Å²) < 4.78 is 5.93. The zero-order chi connectivity index (χ0) is 18.5. The lowest BCUT2D eigenvalue weighted by Gasteiger charge is -2.33. The van der Waals surface area contributed by atoms with Crippen molar-refractivity contribution in [3.8, 4) is 0 Å². The quantitative estimate of drug-likeness (QED) is 0.826. The molecule has 0 aliphatic carbocycles. The van der Waals surface area contributed by atoms with Crippen LogP contribution < -0.4 is 5.32 Å². The maximum atomic E-state index is 12.7. The van der Waals surface area contributed by atoms with Gasteiger partial charge in [0.15, 0.2) is 0 Å². The van der Waals surface area contributed by atoms with E-state index in [2.05, 4.69) is 10.2 Å². The largest absolute Gasteiger partial charge is 0.459 e. The van der Waals surface area contributed by atoms with Crippen LogP contribution in [0, 0.1) is 5.92 Å². The standard InChI is InChI=1S/C21H31N3O2/c1-16(20-14-18-6-4-5-7-19(18)26-20)23(3)21(25)15-24-12-9-17(10-13-24)8-11-22-2/h4-7,14,16-17,22H,8-13,15H2,1-3H3. The molecule has 1 aliphatic rings. The molecule has 1 saturated heterocycles. The fourth-order valence-corrected chi connectivity index (χ4v) is 3.70. The number of benzene rings is 1. The molecule has 1 atom stereocenters. The van der Waals surface area contributed by atoms with Crippen LogP contribution in [-0.4, -0.2) is 56.0 Å². The molecule has 26 heavy (non-hydrogen) atoms. The van der Waals surface area contributed by atoms with E-state index in [1.807, 2.05) is 56.3 Å². The number of hydrogen-bond donors (Lipinski definition) is 1. The summed E-state index contributed by atoms with van der Waals surface area (Å²) in [5.74, 6) is 1.79. The number of hydrogen-bond acceptors (Lipinski definition) is 4. The van der Waals surface area contributed by atoms with Crippen LogP contribution in [0.3, 0.4) is 0 Å². The molecule has 1 fully saturated rings. The second-order valence-electron chi connectivity index (χ2n) is 7.48. The maximum Gasteiger partial charge on any atom is 0.237 e.